The van der Waals surface area contributed by atoms with Crippen molar-refractivity contribution in [2.45, 2.75) is 20.3 Å². The average Bonchev–Trinajstić information content (AvgIpc) is 2.75. The van der Waals surface area contributed by atoms with Gasteiger partial charge in [-0.25, -0.2) is 0 Å². The molecule has 0 fully saturated rings. The van der Waals surface area contributed by atoms with E-state index in [9.17, 15) is 0 Å². The predicted molar refractivity (Wildman–Crippen MR) is 54.8 cm³/mol. The molecule has 0 bridgehead atoms. The number of furan rings is 1. The highest BCUT2D eigenvalue weighted by Crippen LogP contribution is 2.28. The largest absolute Gasteiger partial charge is 0.469 e. The third kappa shape index (κ3) is 1.19. The number of hydrogen-bond donors (Lipinski definition) is 2. The van der Waals surface area contributed by atoms with Gasteiger partial charge in [0.2, 0.25) is 0 Å². The van der Waals surface area contributed by atoms with Crippen molar-refractivity contribution in [2.24, 2.45) is 0 Å². The molecule has 0 atom stereocenters. The Kier molecular flexibility index (Phi) is 2.04. The summed E-state index contributed by atoms with van der Waals surface area (Å²) in [5.41, 5.74) is 8.64. The molecule has 14 heavy (non-hydrogen) atoms. The van der Waals surface area contributed by atoms with Crippen molar-refractivity contribution in [3.05, 3.63) is 23.7 Å². The molecule has 0 radical (unpaired) electrons. The first-order valence-electron chi connectivity index (χ1n) is 4.61. The lowest BCUT2D eigenvalue weighted by Crippen LogP contribution is -1.87. The lowest BCUT2D eigenvalue weighted by atomic mass is 10.1. The lowest BCUT2D eigenvalue weighted by Gasteiger charge is -1.98. The first-order chi connectivity index (χ1) is 6.74. The van der Waals surface area contributed by atoms with E-state index in [1.807, 2.05) is 13.0 Å². The van der Waals surface area contributed by atoms with Crippen LogP contribution in [0.1, 0.15) is 18.2 Å². The summed E-state index contributed by atoms with van der Waals surface area (Å²) in [6.45, 7) is 4.00. The van der Waals surface area contributed by atoms with Crippen LogP contribution in [0.4, 0.5) is 5.82 Å². The summed E-state index contributed by atoms with van der Waals surface area (Å²) in [4.78, 5) is 0. The SMILES string of the molecule is CCc1occc1-c1[nH]nc(N)c1C. The minimum atomic E-state index is 0.545. The van der Waals surface area contributed by atoms with Crippen LogP contribution in [0.15, 0.2) is 16.7 Å². The third-order valence-electron chi connectivity index (χ3n) is 2.38. The molecule has 74 valence electrons. The van der Waals surface area contributed by atoms with Gasteiger partial charge in [0.25, 0.3) is 0 Å². The van der Waals surface area contributed by atoms with E-state index in [-0.39, 0.29) is 0 Å². The molecule has 4 heteroatoms. The molecule has 2 heterocycles. The van der Waals surface area contributed by atoms with Crippen LogP contribution in [-0.4, -0.2) is 10.2 Å². The number of anilines is 1. The molecular formula is C10H13N3O. The van der Waals surface area contributed by atoms with Crippen LogP contribution in [0.3, 0.4) is 0 Å². The van der Waals surface area contributed by atoms with Crippen molar-refractivity contribution in [3.63, 3.8) is 0 Å². The predicted octanol–water partition coefficient (Wildman–Crippen LogP) is 2.12. The zero-order valence-corrected chi connectivity index (χ0v) is 8.29. The number of aromatic nitrogens is 2. The topological polar surface area (TPSA) is 67.8 Å². The van der Waals surface area contributed by atoms with E-state index in [0.717, 1.165) is 29.0 Å². The number of H-pyrrole nitrogens is 1. The molecule has 0 amide bonds. The summed E-state index contributed by atoms with van der Waals surface area (Å²) < 4.78 is 5.34. The first-order valence-corrected chi connectivity index (χ1v) is 4.61. The molecule has 2 aromatic heterocycles. The minimum absolute atomic E-state index is 0.545. The van der Waals surface area contributed by atoms with Gasteiger partial charge < -0.3 is 10.2 Å². The van der Waals surface area contributed by atoms with Crippen LogP contribution in [0.5, 0.6) is 0 Å². The van der Waals surface area contributed by atoms with Gasteiger partial charge in [-0.2, -0.15) is 5.10 Å². The number of nitrogens with one attached hydrogen (secondary N) is 1. The Morgan fingerprint density at radius 1 is 1.57 bits per heavy atom. The van der Waals surface area contributed by atoms with E-state index in [1.165, 1.54) is 0 Å². The maximum Gasteiger partial charge on any atom is 0.148 e. The summed E-state index contributed by atoms with van der Waals surface area (Å²) in [6, 6.07) is 1.93. The second-order valence-corrected chi connectivity index (χ2v) is 3.22. The van der Waals surface area contributed by atoms with E-state index in [4.69, 9.17) is 10.2 Å². The Hall–Kier alpha value is -1.71. The van der Waals surface area contributed by atoms with Crippen LogP contribution in [0.25, 0.3) is 11.3 Å². The minimum Gasteiger partial charge on any atom is -0.469 e. The Labute approximate surface area is 82.1 Å². The van der Waals surface area contributed by atoms with Crippen LogP contribution in [0, 0.1) is 6.92 Å². The van der Waals surface area contributed by atoms with E-state index in [2.05, 4.69) is 17.1 Å². The molecule has 0 aliphatic carbocycles. The first kappa shape index (κ1) is 8.87. The van der Waals surface area contributed by atoms with Gasteiger partial charge in [-0.05, 0) is 13.0 Å². The molecule has 2 rings (SSSR count). The molecule has 0 aromatic carbocycles. The molecular weight excluding hydrogens is 178 g/mol. The van der Waals surface area contributed by atoms with Gasteiger partial charge in [0.1, 0.15) is 11.6 Å². The molecule has 0 aliphatic heterocycles. The van der Waals surface area contributed by atoms with Gasteiger partial charge in [0.05, 0.1) is 12.0 Å². The number of nitrogens with two attached hydrogens (primary N) is 1. The van der Waals surface area contributed by atoms with Gasteiger partial charge in [-0.1, -0.05) is 6.92 Å². The van der Waals surface area contributed by atoms with Crippen LogP contribution in [-0.2, 0) is 6.42 Å². The number of hydrogen-bond acceptors (Lipinski definition) is 3. The smallest absolute Gasteiger partial charge is 0.148 e. The number of rotatable bonds is 2. The summed E-state index contributed by atoms with van der Waals surface area (Å²) in [6.07, 6.45) is 2.55. The Balaban J connectivity index is 2.54. The number of aromatic amines is 1. The average molecular weight is 191 g/mol. The molecule has 2 aromatic rings. The summed E-state index contributed by atoms with van der Waals surface area (Å²) in [7, 11) is 0. The van der Waals surface area contributed by atoms with Crippen molar-refractivity contribution in [1.82, 2.24) is 10.2 Å². The van der Waals surface area contributed by atoms with Crippen LogP contribution in [0.2, 0.25) is 0 Å². The molecule has 0 unspecified atom stereocenters. The Morgan fingerprint density at radius 3 is 2.93 bits per heavy atom. The van der Waals surface area contributed by atoms with Crippen molar-refractivity contribution >= 4 is 5.82 Å². The molecule has 0 saturated heterocycles. The summed E-state index contributed by atoms with van der Waals surface area (Å²) in [5.74, 6) is 1.50. The molecule has 0 aliphatic rings. The van der Waals surface area contributed by atoms with Crippen molar-refractivity contribution in [3.8, 4) is 11.3 Å². The fraction of sp³-hybridized carbons (Fsp3) is 0.300. The van der Waals surface area contributed by atoms with Gasteiger partial charge in [-0.15, -0.1) is 0 Å². The second kappa shape index (κ2) is 3.21. The van der Waals surface area contributed by atoms with E-state index < -0.39 is 0 Å². The zero-order chi connectivity index (χ0) is 10.1. The second-order valence-electron chi connectivity index (χ2n) is 3.22. The van der Waals surface area contributed by atoms with Crippen molar-refractivity contribution < 1.29 is 4.42 Å². The van der Waals surface area contributed by atoms with Crippen molar-refractivity contribution in [2.75, 3.05) is 5.73 Å². The summed E-state index contributed by atoms with van der Waals surface area (Å²) >= 11 is 0. The highest BCUT2D eigenvalue weighted by atomic mass is 16.3. The van der Waals surface area contributed by atoms with E-state index >= 15 is 0 Å². The van der Waals surface area contributed by atoms with Crippen LogP contribution >= 0.6 is 0 Å². The van der Waals surface area contributed by atoms with Gasteiger partial charge >= 0.3 is 0 Å². The maximum atomic E-state index is 5.67. The standard InChI is InChI=1S/C10H13N3O/c1-3-8-7(4-5-14-8)9-6(2)10(11)13-12-9/h4-5H,3H2,1-2H3,(H3,11,12,13). The van der Waals surface area contributed by atoms with Gasteiger partial charge in [0, 0.05) is 17.5 Å². The Bertz CT molecular complexity index is 442. The highest BCUT2D eigenvalue weighted by molar-refractivity contribution is 5.68. The molecule has 3 N–H and O–H groups in total. The van der Waals surface area contributed by atoms with Gasteiger partial charge in [-0.3, -0.25) is 5.10 Å². The molecule has 0 spiro atoms. The monoisotopic (exact) mass is 191 g/mol. The number of aryl methyl sites for hydroxylation is 1. The normalized spacial score (nSPS) is 10.7. The van der Waals surface area contributed by atoms with Crippen LogP contribution < -0.4 is 5.73 Å². The van der Waals surface area contributed by atoms with E-state index in [0.29, 0.717) is 5.82 Å². The quantitative estimate of drug-likeness (QED) is 0.764. The lowest BCUT2D eigenvalue weighted by molar-refractivity contribution is 0.517. The molecule has 0 saturated carbocycles. The third-order valence-corrected chi connectivity index (χ3v) is 2.38. The maximum absolute atomic E-state index is 5.67. The highest BCUT2D eigenvalue weighted by Gasteiger charge is 2.13. The van der Waals surface area contributed by atoms with E-state index in [1.54, 1.807) is 6.26 Å². The zero-order valence-electron chi connectivity index (χ0n) is 8.29. The molecule has 4 nitrogen and oxygen atoms in total. The summed E-state index contributed by atoms with van der Waals surface area (Å²) in [5, 5.41) is 6.87. The van der Waals surface area contributed by atoms with Crippen molar-refractivity contribution in [1.29, 1.82) is 0 Å². The fourth-order valence-electron chi connectivity index (χ4n) is 1.51. The fourth-order valence-corrected chi connectivity index (χ4v) is 1.51. The Morgan fingerprint density at radius 2 is 2.36 bits per heavy atom. The number of nitrogens with zero attached hydrogens (tertiary/aromatic N) is 1. The number of nitrogen functional groups attached to an aromatic ring is 1. The van der Waals surface area contributed by atoms with Gasteiger partial charge in [0.15, 0.2) is 0 Å².